The van der Waals surface area contributed by atoms with Crippen LogP contribution in [0.3, 0.4) is 0 Å². The normalized spacial score (nSPS) is 11.4. The number of primary sulfonamides is 1. The third-order valence-corrected chi connectivity index (χ3v) is 2.91. The molecule has 3 N–H and O–H groups in total. The van der Waals surface area contributed by atoms with Gasteiger partial charge in [-0.15, -0.1) is 0 Å². The van der Waals surface area contributed by atoms with Crippen molar-refractivity contribution in [3.8, 4) is 0 Å². The van der Waals surface area contributed by atoms with Gasteiger partial charge in [0.05, 0.1) is 17.1 Å². The summed E-state index contributed by atoms with van der Waals surface area (Å²) in [4.78, 5) is 10.5. The number of carbonyl (C=O) groups is 1. The molecular weight excluding hydrogens is 234 g/mol. The molecule has 0 aromatic heterocycles. The predicted octanol–water partition coefficient (Wildman–Crippen LogP) is 0.179. The Labute approximate surface area is 92.7 Å². The van der Waals surface area contributed by atoms with Crippen LogP contribution in [-0.4, -0.2) is 26.6 Å². The lowest BCUT2D eigenvalue weighted by Gasteiger charge is -2.07. The maximum atomic E-state index is 11.2. The molecule has 7 heteroatoms. The highest BCUT2D eigenvalue weighted by Crippen LogP contribution is 2.17. The summed E-state index contributed by atoms with van der Waals surface area (Å²) in [5.41, 5.74) is 0.193. The molecule has 0 aliphatic rings. The Balaban J connectivity index is 3.39. The van der Waals surface area contributed by atoms with E-state index < -0.39 is 16.0 Å². The summed E-state index contributed by atoms with van der Waals surface area (Å²) in [6, 6.07) is 3.68. The molecule has 0 radical (unpaired) electrons. The third-order valence-electron chi connectivity index (χ3n) is 1.92. The molecule has 0 fully saturated rings. The first-order chi connectivity index (χ1) is 7.36. The molecule has 1 rings (SSSR count). The zero-order valence-electron chi connectivity index (χ0n) is 8.50. The maximum Gasteiger partial charge on any atom is 0.335 e. The van der Waals surface area contributed by atoms with Crippen LogP contribution in [0.1, 0.15) is 15.9 Å². The van der Waals surface area contributed by atoms with Crippen molar-refractivity contribution in [2.75, 3.05) is 7.11 Å². The van der Waals surface area contributed by atoms with Crippen LogP contribution in [-0.2, 0) is 21.4 Å². The van der Waals surface area contributed by atoms with Crippen molar-refractivity contribution in [2.24, 2.45) is 5.14 Å². The quantitative estimate of drug-likeness (QED) is 0.786. The SMILES string of the molecule is COCc1ccc(C(=O)O)cc1S(N)(=O)=O. The van der Waals surface area contributed by atoms with E-state index in [1.54, 1.807) is 0 Å². The maximum absolute atomic E-state index is 11.2. The molecule has 0 atom stereocenters. The minimum atomic E-state index is -3.96. The van der Waals surface area contributed by atoms with Gasteiger partial charge in [0.15, 0.2) is 0 Å². The number of rotatable bonds is 4. The first-order valence-corrected chi connectivity index (χ1v) is 5.79. The number of carboxylic acid groups (broad SMARTS) is 1. The molecule has 0 saturated carbocycles. The van der Waals surface area contributed by atoms with Crippen molar-refractivity contribution in [3.05, 3.63) is 29.3 Å². The second kappa shape index (κ2) is 4.60. The summed E-state index contributed by atoms with van der Waals surface area (Å²) in [7, 11) is -2.55. The molecule has 0 heterocycles. The lowest BCUT2D eigenvalue weighted by molar-refractivity contribution is 0.0696. The van der Waals surface area contributed by atoms with Gasteiger partial charge in [-0.25, -0.2) is 18.4 Å². The third kappa shape index (κ3) is 2.78. The topological polar surface area (TPSA) is 107 Å². The molecular formula is C9H11NO5S. The number of sulfonamides is 1. The Hall–Kier alpha value is -1.44. The fourth-order valence-electron chi connectivity index (χ4n) is 1.23. The molecule has 0 unspecified atom stereocenters. The molecule has 1 aromatic carbocycles. The standard InChI is InChI=1S/C9H11NO5S/c1-15-5-7-3-2-6(9(11)12)4-8(7)16(10,13)14/h2-4H,5H2,1H3,(H,11,12)(H2,10,13,14). The average Bonchev–Trinajstić information content (AvgIpc) is 2.16. The van der Waals surface area contributed by atoms with Crippen LogP contribution in [0, 0.1) is 0 Å². The second-order valence-corrected chi connectivity index (χ2v) is 4.64. The molecule has 0 aliphatic heterocycles. The zero-order chi connectivity index (χ0) is 12.3. The molecule has 0 aliphatic carbocycles. The lowest BCUT2D eigenvalue weighted by Crippen LogP contribution is -2.16. The van der Waals surface area contributed by atoms with Crippen molar-refractivity contribution < 1.29 is 23.1 Å². The summed E-state index contributed by atoms with van der Waals surface area (Å²) >= 11 is 0. The van der Waals surface area contributed by atoms with E-state index in [9.17, 15) is 13.2 Å². The Kier molecular flexibility index (Phi) is 3.63. The van der Waals surface area contributed by atoms with Gasteiger partial charge in [-0.05, 0) is 17.7 Å². The Morgan fingerprint density at radius 2 is 2.12 bits per heavy atom. The first-order valence-electron chi connectivity index (χ1n) is 4.24. The number of carboxylic acids is 1. The first kappa shape index (κ1) is 12.6. The average molecular weight is 245 g/mol. The molecule has 88 valence electrons. The van der Waals surface area contributed by atoms with Gasteiger partial charge < -0.3 is 9.84 Å². The Bertz CT molecular complexity index is 509. The van der Waals surface area contributed by atoms with Gasteiger partial charge in [0.1, 0.15) is 0 Å². The van der Waals surface area contributed by atoms with E-state index in [-0.39, 0.29) is 17.1 Å². The second-order valence-electron chi connectivity index (χ2n) is 3.11. The van der Waals surface area contributed by atoms with Gasteiger partial charge >= 0.3 is 5.97 Å². The van der Waals surface area contributed by atoms with E-state index in [4.69, 9.17) is 15.0 Å². The summed E-state index contributed by atoms with van der Waals surface area (Å²) in [5, 5.41) is 13.7. The van der Waals surface area contributed by atoms with Gasteiger partial charge in [-0.3, -0.25) is 0 Å². The van der Waals surface area contributed by atoms with Crippen molar-refractivity contribution in [1.82, 2.24) is 0 Å². The van der Waals surface area contributed by atoms with Gasteiger partial charge in [-0.2, -0.15) is 0 Å². The van der Waals surface area contributed by atoms with E-state index in [2.05, 4.69) is 0 Å². The lowest BCUT2D eigenvalue weighted by atomic mass is 10.1. The van der Waals surface area contributed by atoms with Crippen molar-refractivity contribution in [1.29, 1.82) is 0 Å². The molecule has 0 amide bonds. The van der Waals surface area contributed by atoms with Crippen molar-refractivity contribution >= 4 is 16.0 Å². The monoisotopic (exact) mass is 245 g/mol. The number of ether oxygens (including phenoxy) is 1. The molecule has 16 heavy (non-hydrogen) atoms. The van der Waals surface area contributed by atoms with Gasteiger partial charge in [0.25, 0.3) is 0 Å². The highest BCUT2D eigenvalue weighted by Gasteiger charge is 2.16. The highest BCUT2D eigenvalue weighted by molar-refractivity contribution is 7.89. The smallest absolute Gasteiger partial charge is 0.335 e. The molecule has 0 spiro atoms. The van der Waals surface area contributed by atoms with E-state index in [1.165, 1.54) is 19.2 Å². The summed E-state index contributed by atoms with van der Waals surface area (Å²) in [6.07, 6.45) is 0. The number of hydrogen-bond acceptors (Lipinski definition) is 4. The minimum absolute atomic E-state index is 0.0473. The highest BCUT2D eigenvalue weighted by atomic mass is 32.2. The van der Waals surface area contributed by atoms with Crippen LogP contribution < -0.4 is 5.14 Å². The van der Waals surface area contributed by atoms with E-state index in [0.29, 0.717) is 5.56 Å². The van der Waals surface area contributed by atoms with Crippen LogP contribution in [0.25, 0.3) is 0 Å². The van der Waals surface area contributed by atoms with Crippen LogP contribution in [0.5, 0.6) is 0 Å². The molecule has 6 nitrogen and oxygen atoms in total. The van der Waals surface area contributed by atoms with Crippen molar-refractivity contribution in [3.63, 3.8) is 0 Å². The summed E-state index contributed by atoms with van der Waals surface area (Å²) in [6.45, 7) is 0.0473. The number of aromatic carboxylic acids is 1. The fraction of sp³-hybridized carbons (Fsp3) is 0.222. The number of benzene rings is 1. The molecule has 0 bridgehead atoms. The number of methoxy groups -OCH3 is 1. The number of nitrogens with two attached hydrogens (primary N) is 1. The van der Waals surface area contributed by atoms with Crippen molar-refractivity contribution in [2.45, 2.75) is 11.5 Å². The fourth-order valence-corrected chi connectivity index (χ4v) is 2.01. The van der Waals surface area contributed by atoms with E-state index >= 15 is 0 Å². The number of hydrogen-bond donors (Lipinski definition) is 2. The van der Waals surface area contributed by atoms with Gasteiger partial charge in [-0.1, -0.05) is 6.07 Å². The predicted molar refractivity (Wildman–Crippen MR) is 55.5 cm³/mol. The summed E-state index contributed by atoms with van der Waals surface area (Å²) in [5.74, 6) is -1.21. The van der Waals surface area contributed by atoms with E-state index in [0.717, 1.165) is 6.07 Å². The zero-order valence-corrected chi connectivity index (χ0v) is 9.32. The van der Waals surface area contributed by atoms with Crippen LogP contribution >= 0.6 is 0 Å². The largest absolute Gasteiger partial charge is 0.478 e. The minimum Gasteiger partial charge on any atom is -0.478 e. The Morgan fingerprint density at radius 3 is 2.56 bits per heavy atom. The van der Waals surface area contributed by atoms with Gasteiger partial charge in [0.2, 0.25) is 10.0 Å². The Morgan fingerprint density at radius 1 is 1.50 bits per heavy atom. The summed E-state index contributed by atoms with van der Waals surface area (Å²) < 4.78 is 27.3. The van der Waals surface area contributed by atoms with E-state index in [1.807, 2.05) is 0 Å². The van der Waals surface area contributed by atoms with Gasteiger partial charge in [0, 0.05) is 7.11 Å². The molecule has 0 saturated heterocycles. The van der Waals surface area contributed by atoms with Crippen LogP contribution in [0.2, 0.25) is 0 Å². The van der Waals surface area contributed by atoms with Crippen LogP contribution in [0.15, 0.2) is 23.1 Å². The molecule has 1 aromatic rings. The van der Waals surface area contributed by atoms with Crippen LogP contribution in [0.4, 0.5) is 0 Å².